The molecule has 1 N–H and O–H groups in total. The maximum absolute atomic E-state index is 13.0. The lowest BCUT2D eigenvalue weighted by Crippen LogP contribution is -2.48. The fraction of sp³-hybridized carbons (Fsp3) is 0.154. The molecule has 0 fully saturated rings. The number of ether oxygens (including phenoxy) is 1. The number of hydrogen-bond acceptors (Lipinski definition) is 3. The first-order valence-corrected chi connectivity index (χ1v) is 5.39. The number of cyclic esters (lactones) is 1. The molecule has 0 amide bonds. The highest BCUT2D eigenvalue weighted by atomic mass is 19.4. The Morgan fingerprint density at radius 1 is 1.11 bits per heavy atom. The van der Waals surface area contributed by atoms with E-state index >= 15 is 0 Å². The fourth-order valence-corrected chi connectivity index (χ4v) is 2.25. The first kappa shape index (κ1) is 12.0. The molecule has 1 aliphatic heterocycles. The quantitative estimate of drug-likeness (QED) is 0.747. The lowest BCUT2D eigenvalue weighted by atomic mass is 9.91. The van der Waals surface area contributed by atoms with Gasteiger partial charge in [-0.15, -0.1) is 0 Å². The molecule has 1 atom stereocenters. The van der Waals surface area contributed by atoms with Crippen molar-refractivity contribution >= 4 is 16.7 Å². The summed E-state index contributed by atoms with van der Waals surface area (Å²) in [6.07, 6.45) is -5.11. The van der Waals surface area contributed by atoms with Crippen LogP contribution in [0.25, 0.3) is 10.8 Å². The van der Waals surface area contributed by atoms with Crippen LogP contribution in [0.5, 0.6) is 0 Å². The van der Waals surface area contributed by atoms with Gasteiger partial charge in [0.15, 0.2) is 0 Å². The van der Waals surface area contributed by atoms with E-state index in [1.165, 1.54) is 12.1 Å². The molecular formula is C13H7F3O3. The molecule has 0 aliphatic carbocycles. The number of esters is 1. The van der Waals surface area contributed by atoms with Crippen molar-refractivity contribution in [3.05, 3.63) is 47.5 Å². The van der Waals surface area contributed by atoms with Gasteiger partial charge >= 0.3 is 17.9 Å². The Kier molecular flexibility index (Phi) is 2.19. The lowest BCUT2D eigenvalue weighted by Gasteiger charge is -2.34. The van der Waals surface area contributed by atoms with E-state index in [9.17, 15) is 23.1 Å². The number of rotatable bonds is 0. The van der Waals surface area contributed by atoms with Crippen molar-refractivity contribution in [2.45, 2.75) is 12.0 Å². The molecule has 1 heterocycles. The summed E-state index contributed by atoms with van der Waals surface area (Å²) in [6.45, 7) is 0. The molecule has 0 saturated heterocycles. The van der Waals surface area contributed by atoms with E-state index in [-0.39, 0.29) is 10.9 Å². The summed E-state index contributed by atoms with van der Waals surface area (Å²) in [5, 5.41) is 10.3. The zero-order valence-corrected chi connectivity index (χ0v) is 9.36. The molecule has 0 saturated carbocycles. The van der Waals surface area contributed by atoms with Crippen LogP contribution in [0, 0.1) is 0 Å². The molecule has 0 radical (unpaired) electrons. The monoisotopic (exact) mass is 268 g/mol. The highest BCUT2D eigenvalue weighted by molar-refractivity contribution is 6.08. The maximum atomic E-state index is 13.0. The van der Waals surface area contributed by atoms with Crippen LogP contribution in [-0.2, 0) is 10.5 Å². The van der Waals surface area contributed by atoms with Crippen molar-refractivity contribution in [1.29, 1.82) is 0 Å². The van der Waals surface area contributed by atoms with Gasteiger partial charge in [0.05, 0.1) is 5.56 Å². The highest BCUT2D eigenvalue weighted by Crippen LogP contribution is 2.46. The summed E-state index contributed by atoms with van der Waals surface area (Å²) in [7, 11) is 0. The fourth-order valence-electron chi connectivity index (χ4n) is 2.25. The summed E-state index contributed by atoms with van der Waals surface area (Å²) in [5.41, 5.74) is -0.449. The Hall–Kier alpha value is -2.08. The summed E-state index contributed by atoms with van der Waals surface area (Å²) < 4.78 is 43.2. The molecular weight excluding hydrogens is 261 g/mol. The van der Waals surface area contributed by atoms with Gasteiger partial charge in [-0.25, -0.2) is 4.79 Å². The van der Waals surface area contributed by atoms with Gasteiger partial charge in [-0.2, -0.15) is 13.2 Å². The van der Waals surface area contributed by atoms with Gasteiger partial charge in [-0.05, 0) is 11.5 Å². The Labute approximate surface area is 105 Å². The van der Waals surface area contributed by atoms with Crippen LogP contribution in [-0.4, -0.2) is 17.3 Å². The minimum atomic E-state index is -5.11. The predicted octanol–water partition coefficient (Wildman–Crippen LogP) is 2.72. The van der Waals surface area contributed by atoms with Gasteiger partial charge in [0.1, 0.15) is 0 Å². The van der Waals surface area contributed by atoms with E-state index in [1.54, 1.807) is 18.2 Å². The largest absolute Gasteiger partial charge is 0.460 e. The third-order valence-corrected chi connectivity index (χ3v) is 3.11. The van der Waals surface area contributed by atoms with Gasteiger partial charge < -0.3 is 9.84 Å². The normalized spacial score (nSPS) is 22.4. The Bertz CT molecular complexity index is 688. The number of alkyl halides is 3. The number of hydrogen-bond donors (Lipinski definition) is 1. The second kappa shape index (κ2) is 3.48. The number of halogens is 3. The molecule has 3 rings (SSSR count). The van der Waals surface area contributed by atoms with Gasteiger partial charge in [0.25, 0.3) is 0 Å². The van der Waals surface area contributed by atoms with Crippen LogP contribution in [0.15, 0.2) is 36.4 Å². The minimum Gasteiger partial charge on any atom is -0.415 e. The van der Waals surface area contributed by atoms with Gasteiger partial charge in [-0.3, -0.25) is 0 Å². The van der Waals surface area contributed by atoms with Gasteiger partial charge in [-0.1, -0.05) is 30.3 Å². The van der Waals surface area contributed by atoms with E-state index in [2.05, 4.69) is 4.74 Å². The molecule has 0 spiro atoms. The Morgan fingerprint density at radius 3 is 2.37 bits per heavy atom. The first-order chi connectivity index (χ1) is 8.84. The summed E-state index contributed by atoms with van der Waals surface area (Å²) >= 11 is 0. The third kappa shape index (κ3) is 1.46. The zero-order valence-electron chi connectivity index (χ0n) is 9.36. The SMILES string of the molecule is O=C1OC(O)(C(F)(F)F)c2cccc3cccc1c23. The van der Waals surface area contributed by atoms with Crippen LogP contribution in [0.3, 0.4) is 0 Å². The summed E-state index contributed by atoms with van der Waals surface area (Å²) in [4.78, 5) is 11.7. The van der Waals surface area contributed by atoms with Crippen molar-refractivity contribution in [2.75, 3.05) is 0 Å². The van der Waals surface area contributed by atoms with Crippen LogP contribution in [0.2, 0.25) is 0 Å². The van der Waals surface area contributed by atoms with Crippen LogP contribution >= 0.6 is 0 Å². The van der Waals surface area contributed by atoms with Gasteiger partial charge in [0.2, 0.25) is 0 Å². The summed E-state index contributed by atoms with van der Waals surface area (Å²) in [5.74, 6) is -4.79. The molecule has 1 aliphatic rings. The van der Waals surface area contributed by atoms with E-state index in [0.717, 1.165) is 6.07 Å². The van der Waals surface area contributed by atoms with Crippen molar-refractivity contribution in [3.8, 4) is 0 Å². The smallest absolute Gasteiger partial charge is 0.415 e. The van der Waals surface area contributed by atoms with E-state index in [0.29, 0.717) is 5.39 Å². The van der Waals surface area contributed by atoms with Crippen molar-refractivity contribution < 1.29 is 27.8 Å². The number of carbonyl (C=O) groups excluding carboxylic acids is 1. The maximum Gasteiger partial charge on any atom is 0.460 e. The lowest BCUT2D eigenvalue weighted by molar-refractivity contribution is -0.355. The molecule has 0 bridgehead atoms. The molecule has 6 heteroatoms. The molecule has 2 aromatic carbocycles. The van der Waals surface area contributed by atoms with Crippen LogP contribution in [0.4, 0.5) is 13.2 Å². The van der Waals surface area contributed by atoms with E-state index < -0.39 is 23.5 Å². The van der Waals surface area contributed by atoms with E-state index in [4.69, 9.17) is 0 Å². The minimum absolute atomic E-state index is 0.0158. The first-order valence-electron chi connectivity index (χ1n) is 5.39. The molecule has 3 nitrogen and oxygen atoms in total. The Balaban J connectivity index is 2.45. The standard InChI is InChI=1S/C13H7F3O3/c14-13(15,16)12(18)9-6-2-4-7-3-1-5-8(10(7)9)11(17)19-12/h1-6,18H. The molecule has 19 heavy (non-hydrogen) atoms. The molecule has 0 aromatic heterocycles. The van der Waals surface area contributed by atoms with Crippen molar-refractivity contribution in [1.82, 2.24) is 0 Å². The van der Waals surface area contributed by atoms with E-state index in [1.807, 2.05) is 0 Å². The third-order valence-electron chi connectivity index (χ3n) is 3.11. The molecule has 2 aromatic rings. The van der Waals surface area contributed by atoms with Crippen molar-refractivity contribution in [2.24, 2.45) is 0 Å². The number of aliphatic hydroxyl groups is 1. The van der Waals surface area contributed by atoms with Crippen molar-refractivity contribution in [3.63, 3.8) is 0 Å². The average Bonchev–Trinajstić information content (AvgIpc) is 2.34. The van der Waals surface area contributed by atoms with Crippen LogP contribution in [0.1, 0.15) is 15.9 Å². The second-order valence-electron chi connectivity index (χ2n) is 4.24. The zero-order chi connectivity index (χ0) is 13.8. The Morgan fingerprint density at radius 2 is 1.74 bits per heavy atom. The number of benzene rings is 2. The topological polar surface area (TPSA) is 46.5 Å². The highest BCUT2D eigenvalue weighted by Gasteiger charge is 2.61. The number of carbonyl (C=O) groups is 1. The average molecular weight is 268 g/mol. The molecule has 1 unspecified atom stereocenters. The second-order valence-corrected chi connectivity index (χ2v) is 4.24. The molecule has 98 valence electrons. The van der Waals surface area contributed by atoms with Crippen LogP contribution < -0.4 is 0 Å². The predicted molar refractivity (Wildman–Crippen MR) is 59.3 cm³/mol. The summed E-state index contributed by atoms with van der Waals surface area (Å²) in [6, 6.07) is 8.52. The van der Waals surface area contributed by atoms with Gasteiger partial charge in [0, 0.05) is 10.9 Å².